The van der Waals surface area contributed by atoms with Gasteiger partial charge in [0.15, 0.2) is 21.5 Å². The molecule has 11 heteroatoms. The van der Waals surface area contributed by atoms with Gasteiger partial charge in [0.1, 0.15) is 11.4 Å². The fraction of sp³-hybridized carbons (Fsp3) is 0.381. The first-order chi connectivity index (χ1) is 15.3. The SMILES string of the molecule is CCCS(=O)(=O)Cc1ccc(F)c(-n2cc(-c3cncc(N(C)CCOC)c3)nn2)c1F. The minimum atomic E-state index is -3.51. The first-order valence-corrected chi connectivity index (χ1v) is 11.8. The zero-order valence-corrected chi connectivity index (χ0v) is 18.9. The summed E-state index contributed by atoms with van der Waals surface area (Å²) in [4.78, 5) is 6.15. The molecule has 0 aliphatic heterocycles. The molecular weight excluding hydrogens is 440 g/mol. The Morgan fingerprint density at radius 2 is 2.00 bits per heavy atom. The lowest BCUT2D eigenvalue weighted by molar-refractivity contribution is 0.206. The zero-order valence-electron chi connectivity index (χ0n) is 18.1. The van der Waals surface area contributed by atoms with Gasteiger partial charge < -0.3 is 9.64 Å². The van der Waals surface area contributed by atoms with E-state index in [4.69, 9.17) is 4.74 Å². The Hall–Kier alpha value is -2.92. The normalized spacial score (nSPS) is 11.7. The van der Waals surface area contributed by atoms with Crippen LogP contribution in [0.15, 0.2) is 36.8 Å². The molecule has 0 saturated heterocycles. The zero-order chi connectivity index (χ0) is 23.3. The molecule has 0 saturated carbocycles. The van der Waals surface area contributed by atoms with Gasteiger partial charge in [0.25, 0.3) is 0 Å². The number of benzene rings is 1. The number of anilines is 1. The first kappa shape index (κ1) is 23.7. The summed E-state index contributed by atoms with van der Waals surface area (Å²) < 4.78 is 59.8. The second-order valence-corrected chi connectivity index (χ2v) is 9.54. The summed E-state index contributed by atoms with van der Waals surface area (Å²) in [6.07, 6.45) is 5.05. The van der Waals surface area contributed by atoms with Crippen molar-refractivity contribution in [1.82, 2.24) is 20.0 Å². The molecule has 0 radical (unpaired) electrons. The lowest BCUT2D eigenvalue weighted by atomic mass is 10.2. The minimum absolute atomic E-state index is 0.0746. The first-order valence-electron chi connectivity index (χ1n) is 10.0. The summed E-state index contributed by atoms with van der Waals surface area (Å²) in [5.74, 6) is -2.44. The second kappa shape index (κ2) is 10.1. The Morgan fingerprint density at radius 1 is 1.22 bits per heavy atom. The van der Waals surface area contributed by atoms with Crippen LogP contribution in [-0.2, 0) is 20.3 Å². The van der Waals surface area contributed by atoms with Crippen LogP contribution in [0.4, 0.5) is 14.5 Å². The second-order valence-electron chi connectivity index (χ2n) is 7.36. The summed E-state index contributed by atoms with van der Waals surface area (Å²) in [5, 5.41) is 7.88. The topological polar surface area (TPSA) is 90.2 Å². The van der Waals surface area contributed by atoms with Gasteiger partial charge in [0.05, 0.1) is 36.2 Å². The van der Waals surface area contributed by atoms with E-state index in [1.807, 2.05) is 18.0 Å². The van der Waals surface area contributed by atoms with Crippen LogP contribution in [0.1, 0.15) is 18.9 Å². The number of sulfone groups is 1. The Balaban J connectivity index is 1.93. The average Bonchev–Trinajstić information content (AvgIpc) is 3.24. The molecule has 2 heterocycles. The van der Waals surface area contributed by atoms with E-state index in [1.165, 1.54) is 6.20 Å². The van der Waals surface area contributed by atoms with Crippen molar-refractivity contribution in [3.8, 4) is 16.9 Å². The summed E-state index contributed by atoms with van der Waals surface area (Å²) >= 11 is 0. The maximum absolute atomic E-state index is 15.1. The van der Waals surface area contributed by atoms with Crippen molar-refractivity contribution in [2.75, 3.05) is 38.0 Å². The molecule has 8 nitrogen and oxygen atoms in total. The maximum atomic E-state index is 15.1. The number of likely N-dealkylation sites (N-methyl/N-ethyl adjacent to an activating group) is 1. The molecule has 172 valence electrons. The Labute approximate surface area is 185 Å². The molecule has 0 bridgehead atoms. The van der Waals surface area contributed by atoms with Gasteiger partial charge >= 0.3 is 0 Å². The van der Waals surface area contributed by atoms with Crippen LogP contribution >= 0.6 is 0 Å². The number of hydrogen-bond donors (Lipinski definition) is 0. The highest BCUT2D eigenvalue weighted by atomic mass is 32.2. The van der Waals surface area contributed by atoms with E-state index in [9.17, 15) is 12.8 Å². The van der Waals surface area contributed by atoms with Crippen LogP contribution in [0.25, 0.3) is 16.9 Å². The van der Waals surface area contributed by atoms with Gasteiger partial charge in [-0.15, -0.1) is 5.10 Å². The van der Waals surface area contributed by atoms with Crippen LogP contribution in [0.3, 0.4) is 0 Å². The number of aromatic nitrogens is 4. The van der Waals surface area contributed by atoms with Crippen molar-refractivity contribution in [1.29, 1.82) is 0 Å². The molecule has 0 fully saturated rings. The molecule has 0 aliphatic rings. The number of pyridine rings is 1. The van der Waals surface area contributed by atoms with E-state index in [-0.39, 0.29) is 11.3 Å². The third kappa shape index (κ3) is 5.46. The van der Waals surface area contributed by atoms with Gasteiger partial charge in [-0.05, 0) is 18.6 Å². The van der Waals surface area contributed by atoms with Crippen molar-refractivity contribution >= 4 is 15.5 Å². The molecule has 1 aromatic carbocycles. The van der Waals surface area contributed by atoms with Crippen LogP contribution in [0.2, 0.25) is 0 Å². The number of ether oxygens (including phenoxy) is 1. The lowest BCUT2D eigenvalue weighted by Crippen LogP contribution is -2.22. The molecule has 2 aromatic heterocycles. The van der Waals surface area contributed by atoms with Crippen LogP contribution in [0, 0.1) is 11.6 Å². The highest BCUT2D eigenvalue weighted by Gasteiger charge is 2.21. The Morgan fingerprint density at radius 3 is 2.72 bits per heavy atom. The number of hydrogen-bond acceptors (Lipinski definition) is 7. The summed E-state index contributed by atoms with van der Waals surface area (Å²) in [7, 11) is 0.000667. The van der Waals surface area contributed by atoms with Gasteiger partial charge in [0, 0.05) is 38.0 Å². The van der Waals surface area contributed by atoms with Crippen LogP contribution in [0.5, 0.6) is 0 Å². The van der Waals surface area contributed by atoms with Gasteiger partial charge in [-0.1, -0.05) is 18.2 Å². The van der Waals surface area contributed by atoms with Crippen molar-refractivity contribution in [3.63, 3.8) is 0 Å². The third-order valence-electron chi connectivity index (χ3n) is 4.85. The van der Waals surface area contributed by atoms with Gasteiger partial charge in [-0.3, -0.25) is 4.98 Å². The number of halogens is 2. The smallest absolute Gasteiger partial charge is 0.156 e. The maximum Gasteiger partial charge on any atom is 0.156 e. The average molecular weight is 466 g/mol. The fourth-order valence-corrected chi connectivity index (χ4v) is 4.63. The van der Waals surface area contributed by atoms with Crippen molar-refractivity contribution in [2.24, 2.45) is 0 Å². The van der Waals surface area contributed by atoms with E-state index in [0.717, 1.165) is 22.5 Å². The molecule has 3 aromatic rings. The molecule has 0 N–H and O–H groups in total. The molecular formula is C21H25F2N5O3S. The quantitative estimate of drug-likeness (QED) is 0.455. The predicted octanol–water partition coefficient (Wildman–Crippen LogP) is 3.01. The largest absolute Gasteiger partial charge is 0.383 e. The summed E-state index contributed by atoms with van der Waals surface area (Å²) in [5.41, 5.74) is 1.20. The van der Waals surface area contributed by atoms with E-state index in [1.54, 1.807) is 26.4 Å². The van der Waals surface area contributed by atoms with Crippen molar-refractivity contribution < 1.29 is 21.9 Å². The molecule has 32 heavy (non-hydrogen) atoms. The van der Waals surface area contributed by atoms with Crippen LogP contribution in [-0.4, -0.2) is 61.5 Å². The fourth-order valence-electron chi connectivity index (χ4n) is 3.16. The molecule has 0 unspecified atom stereocenters. The van der Waals surface area contributed by atoms with Gasteiger partial charge in [0.2, 0.25) is 0 Å². The number of methoxy groups -OCH3 is 1. The third-order valence-corrected chi connectivity index (χ3v) is 6.63. The van der Waals surface area contributed by atoms with E-state index < -0.39 is 32.9 Å². The number of rotatable bonds is 10. The summed E-state index contributed by atoms with van der Waals surface area (Å²) in [6, 6.07) is 4.00. The molecule has 0 amide bonds. The van der Waals surface area contributed by atoms with Crippen LogP contribution < -0.4 is 4.90 Å². The van der Waals surface area contributed by atoms with Gasteiger partial charge in [-0.25, -0.2) is 21.9 Å². The Kier molecular flexibility index (Phi) is 7.52. The van der Waals surface area contributed by atoms with Gasteiger partial charge in [-0.2, -0.15) is 0 Å². The Bertz CT molecular complexity index is 1180. The highest BCUT2D eigenvalue weighted by Crippen LogP contribution is 2.26. The van der Waals surface area contributed by atoms with E-state index >= 15 is 4.39 Å². The van der Waals surface area contributed by atoms with E-state index in [0.29, 0.717) is 30.8 Å². The molecule has 0 spiro atoms. The molecule has 3 rings (SSSR count). The highest BCUT2D eigenvalue weighted by molar-refractivity contribution is 7.90. The molecule has 0 atom stereocenters. The predicted molar refractivity (Wildman–Crippen MR) is 117 cm³/mol. The van der Waals surface area contributed by atoms with E-state index in [2.05, 4.69) is 15.3 Å². The summed E-state index contributed by atoms with van der Waals surface area (Å²) in [6.45, 7) is 2.92. The minimum Gasteiger partial charge on any atom is -0.383 e. The lowest BCUT2D eigenvalue weighted by Gasteiger charge is -2.18. The number of nitrogens with zero attached hydrogens (tertiary/aromatic N) is 5. The monoisotopic (exact) mass is 465 g/mol. The standard InChI is InChI=1S/C21H25F2N5O3S/c1-4-9-32(29,30)14-15-5-6-18(22)21(20(15)23)28-13-19(25-26-28)16-10-17(12-24-11-16)27(2)7-8-31-3/h5-6,10-13H,4,7-9,14H2,1-3H3. The van der Waals surface area contributed by atoms with Crippen molar-refractivity contribution in [2.45, 2.75) is 19.1 Å². The molecule has 0 aliphatic carbocycles. The van der Waals surface area contributed by atoms with Crippen molar-refractivity contribution in [3.05, 3.63) is 54.0 Å².